The number of fused-ring (bicyclic) bond motifs is 1. The lowest BCUT2D eigenvalue weighted by atomic mass is 10.0. The summed E-state index contributed by atoms with van der Waals surface area (Å²) in [5, 5.41) is 8.04. The van der Waals surface area contributed by atoms with Crippen LogP contribution in [0.2, 0.25) is 0 Å². The van der Waals surface area contributed by atoms with E-state index in [0.717, 1.165) is 16.6 Å². The molecular formula is C23H27FN4O. The molecule has 0 aliphatic heterocycles. The summed E-state index contributed by atoms with van der Waals surface area (Å²) in [6.45, 7) is 6.50. The van der Waals surface area contributed by atoms with Crippen molar-refractivity contribution in [2.45, 2.75) is 39.8 Å². The third-order valence-corrected chi connectivity index (χ3v) is 5.33. The van der Waals surface area contributed by atoms with Gasteiger partial charge in [-0.3, -0.25) is 4.79 Å². The zero-order valence-corrected chi connectivity index (χ0v) is 17.3. The fraction of sp³-hybridized carbons (Fsp3) is 0.348. The molecule has 0 aliphatic rings. The van der Waals surface area contributed by atoms with Crippen molar-refractivity contribution >= 4 is 22.7 Å². The first-order chi connectivity index (χ1) is 13.8. The smallest absolute Gasteiger partial charge is 0.253 e. The lowest BCUT2D eigenvalue weighted by molar-refractivity contribution is 0.0747. The van der Waals surface area contributed by atoms with Crippen LogP contribution in [0.3, 0.4) is 0 Å². The van der Waals surface area contributed by atoms with E-state index in [9.17, 15) is 9.18 Å². The minimum absolute atomic E-state index is 0.0377. The second kappa shape index (κ2) is 8.55. The fourth-order valence-electron chi connectivity index (χ4n) is 3.20. The van der Waals surface area contributed by atoms with Gasteiger partial charge in [-0.05, 0) is 48.7 Å². The van der Waals surface area contributed by atoms with Gasteiger partial charge in [-0.2, -0.15) is 0 Å². The normalized spacial score (nSPS) is 12.3. The maximum Gasteiger partial charge on any atom is 0.253 e. The minimum atomic E-state index is -0.289. The molecule has 6 heteroatoms. The van der Waals surface area contributed by atoms with Gasteiger partial charge in [-0.25, -0.2) is 9.37 Å². The Hall–Kier alpha value is -3.02. The molecule has 0 unspecified atom stereocenters. The van der Waals surface area contributed by atoms with Crippen LogP contribution in [0.5, 0.6) is 0 Å². The summed E-state index contributed by atoms with van der Waals surface area (Å²) in [4.78, 5) is 18.8. The number of benzene rings is 2. The Balaban J connectivity index is 1.70. The molecular weight excluding hydrogens is 367 g/mol. The molecule has 3 rings (SSSR count). The number of nitrogens with zero attached hydrogens (tertiary/aromatic N) is 3. The van der Waals surface area contributed by atoms with Crippen molar-refractivity contribution in [3.05, 3.63) is 65.7 Å². The van der Waals surface area contributed by atoms with Crippen molar-refractivity contribution in [3.8, 4) is 0 Å². The Bertz CT molecular complexity index is 1020. The molecule has 1 atom stereocenters. The van der Waals surface area contributed by atoms with Crippen LogP contribution in [0.1, 0.15) is 43.1 Å². The minimum Gasteiger partial charge on any atom is -0.339 e. The lowest BCUT2D eigenvalue weighted by Crippen LogP contribution is -2.37. The maximum absolute atomic E-state index is 13.5. The lowest BCUT2D eigenvalue weighted by Gasteiger charge is -2.26. The third-order valence-electron chi connectivity index (χ3n) is 5.33. The molecule has 0 spiro atoms. The highest BCUT2D eigenvalue weighted by Crippen LogP contribution is 2.17. The highest BCUT2D eigenvalue weighted by molar-refractivity contribution is 5.94. The molecule has 0 aliphatic carbocycles. The number of hydrogen-bond acceptors (Lipinski definition) is 3. The maximum atomic E-state index is 13.5. The Morgan fingerprint density at radius 2 is 1.86 bits per heavy atom. The SMILES string of the molecule is CC(C)C(=N)C[C@@H](C)N(C)C(=O)c1ccc(Cn2cnc3ccc(F)cc32)cc1. The van der Waals surface area contributed by atoms with Gasteiger partial charge in [-0.15, -0.1) is 0 Å². The molecule has 0 bridgehead atoms. The Morgan fingerprint density at radius 3 is 2.52 bits per heavy atom. The second-order valence-corrected chi connectivity index (χ2v) is 7.85. The molecule has 5 nitrogen and oxygen atoms in total. The average Bonchev–Trinajstić information content (AvgIpc) is 3.09. The van der Waals surface area contributed by atoms with Gasteiger partial charge in [-0.1, -0.05) is 26.0 Å². The van der Waals surface area contributed by atoms with Crippen molar-refractivity contribution < 1.29 is 9.18 Å². The summed E-state index contributed by atoms with van der Waals surface area (Å²) in [6.07, 6.45) is 2.27. The van der Waals surface area contributed by atoms with E-state index in [-0.39, 0.29) is 23.7 Å². The monoisotopic (exact) mass is 394 g/mol. The number of nitrogens with one attached hydrogen (secondary N) is 1. The largest absolute Gasteiger partial charge is 0.339 e. The standard InChI is InChI=1S/C23H27FN4O/c1-15(2)20(25)11-16(3)27(4)23(29)18-7-5-17(6-8-18)13-28-14-26-21-10-9-19(24)12-22(21)28/h5-10,12,14-16,25H,11,13H2,1-4H3/t16-/m1/s1. The highest BCUT2D eigenvalue weighted by atomic mass is 19.1. The van der Waals surface area contributed by atoms with E-state index in [1.54, 1.807) is 24.3 Å². The van der Waals surface area contributed by atoms with Crippen molar-refractivity contribution in [2.24, 2.45) is 5.92 Å². The van der Waals surface area contributed by atoms with Gasteiger partial charge in [0.25, 0.3) is 5.91 Å². The molecule has 2 aromatic carbocycles. The number of carbonyl (C=O) groups is 1. The molecule has 1 heterocycles. The van der Waals surface area contributed by atoms with Crippen molar-refractivity contribution in [1.82, 2.24) is 14.5 Å². The number of halogens is 1. The van der Waals surface area contributed by atoms with Crippen LogP contribution in [0, 0.1) is 17.1 Å². The Labute approximate surface area is 170 Å². The molecule has 0 saturated heterocycles. The number of imidazole rings is 1. The number of hydrogen-bond donors (Lipinski definition) is 1. The quantitative estimate of drug-likeness (QED) is 0.588. The van der Waals surface area contributed by atoms with E-state index in [1.807, 2.05) is 49.6 Å². The van der Waals surface area contributed by atoms with Crippen LogP contribution >= 0.6 is 0 Å². The van der Waals surface area contributed by atoms with Gasteiger partial charge in [0.2, 0.25) is 0 Å². The van der Waals surface area contributed by atoms with Crippen LogP contribution in [0.15, 0.2) is 48.8 Å². The van der Waals surface area contributed by atoms with Crippen LogP contribution in [0.4, 0.5) is 4.39 Å². The van der Waals surface area contributed by atoms with Crippen molar-refractivity contribution in [1.29, 1.82) is 5.41 Å². The van der Waals surface area contributed by atoms with Gasteiger partial charge in [0, 0.05) is 37.3 Å². The third kappa shape index (κ3) is 4.70. The first-order valence-corrected chi connectivity index (χ1v) is 9.80. The number of rotatable bonds is 7. The number of carbonyl (C=O) groups excluding carboxylic acids is 1. The Kier molecular flexibility index (Phi) is 6.11. The molecule has 1 aromatic heterocycles. The highest BCUT2D eigenvalue weighted by Gasteiger charge is 2.19. The summed E-state index contributed by atoms with van der Waals surface area (Å²) < 4.78 is 15.4. The first-order valence-electron chi connectivity index (χ1n) is 9.80. The zero-order chi connectivity index (χ0) is 21.1. The molecule has 0 fully saturated rings. The molecule has 1 amide bonds. The predicted octanol–water partition coefficient (Wildman–Crippen LogP) is 4.75. The van der Waals surface area contributed by atoms with E-state index in [4.69, 9.17) is 5.41 Å². The van der Waals surface area contributed by atoms with Crippen LogP contribution in [0.25, 0.3) is 11.0 Å². The summed E-state index contributed by atoms with van der Waals surface area (Å²) in [7, 11) is 1.78. The molecule has 29 heavy (non-hydrogen) atoms. The van der Waals surface area contributed by atoms with Gasteiger partial charge >= 0.3 is 0 Å². The topological polar surface area (TPSA) is 62.0 Å². The summed E-state index contributed by atoms with van der Waals surface area (Å²) in [5.41, 5.74) is 3.76. The van der Waals surface area contributed by atoms with Gasteiger partial charge in [0.05, 0.1) is 17.4 Å². The van der Waals surface area contributed by atoms with Crippen LogP contribution in [-0.4, -0.2) is 39.2 Å². The summed E-state index contributed by atoms with van der Waals surface area (Å²) >= 11 is 0. The fourth-order valence-corrected chi connectivity index (χ4v) is 3.20. The number of aromatic nitrogens is 2. The van der Waals surface area contributed by atoms with Gasteiger partial charge in [0.1, 0.15) is 5.82 Å². The molecule has 0 saturated carbocycles. The van der Waals surface area contributed by atoms with Crippen molar-refractivity contribution in [2.75, 3.05) is 7.05 Å². The van der Waals surface area contributed by atoms with E-state index in [1.165, 1.54) is 12.1 Å². The molecule has 0 radical (unpaired) electrons. The van der Waals surface area contributed by atoms with Crippen LogP contribution in [-0.2, 0) is 6.54 Å². The van der Waals surface area contributed by atoms with Crippen molar-refractivity contribution in [3.63, 3.8) is 0 Å². The Morgan fingerprint density at radius 1 is 1.17 bits per heavy atom. The van der Waals surface area contributed by atoms with Gasteiger partial charge in [0.15, 0.2) is 0 Å². The molecule has 1 N–H and O–H groups in total. The molecule has 3 aromatic rings. The summed E-state index contributed by atoms with van der Waals surface area (Å²) in [5.74, 6) is -0.161. The van der Waals surface area contributed by atoms with E-state index >= 15 is 0 Å². The van der Waals surface area contributed by atoms with E-state index in [0.29, 0.717) is 24.2 Å². The summed E-state index contributed by atoms with van der Waals surface area (Å²) in [6, 6.07) is 12.0. The predicted molar refractivity (Wildman–Crippen MR) is 114 cm³/mol. The molecule has 152 valence electrons. The van der Waals surface area contributed by atoms with E-state index < -0.39 is 0 Å². The van der Waals surface area contributed by atoms with Gasteiger partial charge < -0.3 is 14.9 Å². The zero-order valence-electron chi connectivity index (χ0n) is 17.3. The number of amides is 1. The second-order valence-electron chi connectivity index (χ2n) is 7.85. The van der Waals surface area contributed by atoms with Crippen LogP contribution < -0.4 is 0 Å². The average molecular weight is 394 g/mol. The van der Waals surface area contributed by atoms with E-state index in [2.05, 4.69) is 4.98 Å². The first kappa shape index (κ1) is 20.7.